The van der Waals surface area contributed by atoms with E-state index in [4.69, 9.17) is 14.2 Å². The minimum Gasteiger partial charge on any atom is -0.493 e. The number of carbonyl (C=O) groups is 1. The molecule has 3 rings (SSSR count). The number of rotatable bonds is 6. The van der Waals surface area contributed by atoms with E-state index in [0.29, 0.717) is 29.6 Å². The predicted molar refractivity (Wildman–Crippen MR) is 94.4 cm³/mol. The highest BCUT2D eigenvalue weighted by atomic mass is 16.7. The first-order chi connectivity index (χ1) is 12.1. The molecule has 1 heterocycles. The maximum absolute atomic E-state index is 12.1. The summed E-state index contributed by atoms with van der Waals surface area (Å²) in [6.45, 7) is 5.04. The van der Waals surface area contributed by atoms with Crippen molar-refractivity contribution in [3.63, 3.8) is 0 Å². The van der Waals surface area contributed by atoms with Crippen molar-refractivity contribution in [3.8, 4) is 17.2 Å². The van der Waals surface area contributed by atoms with Crippen molar-refractivity contribution in [2.75, 3.05) is 13.4 Å². The molecule has 6 nitrogen and oxygen atoms in total. The van der Waals surface area contributed by atoms with Crippen LogP contribution in [0.5, 0.6) is 17.2 Å². The first-order valence-electron chi connectivity index (χ1n) is 8.08. The molecule has 0 aromatic heterocycles. The van der Waals surface area contributed by atoms with Crippen molar-refractivity contribution in [2.45, 2.75) is 13.8 Å². The van der Waals surface area contributed by atoms with E-state index in [0.717, 1.165) is 11.3 Å². The van der Waals surface area contributed by atoms with Crippen LogP contribution in [0.4, 0.5) is 0 Å². The number of nitrogens with zero attached hydrogens (tertiary/aromatic N) is 1. The number of hydrogen-bond donors (Lipinski definition) is 1. The number of carbonyl (C=O) groups excluding carboxylic acids is 1. The Morgan fingerprint density at radius 3 is 2.72 bits per heavy atom. The molecular weight excluding hydrogens is 320 g/mol. The fraction of sp³-hybridized carbons (Fsp3) is 0.263. The normalized spacial score (nSPS) is 12.6. The molecule has 0 saturated carbocycles. The van der Waals surface area contributed by atoms with Crippen LogP contribution in [0.2, 0.25) is 0 Å². The molecule has 0 saturated heterocycles. The average molecular weight is 340 g/mol. The number of benzene rings is 2. The van der Waals surface area contributed by atoms with E-state index in [1.807, 2.05) is 6.07 Å². The van der Waals surface area contributed by atoms with Crippen LogP contribution in [-0.2, 0) is 0 Å². The Hall–Kier alpha value is -3.02. The van der Waals surface area contributed by atoms with Gasteiger partial charge in [-0.1, -0.05) is 13.8 Å². The van der Waals surface area contributed by atoms with E-state index < -0.39 is 0 Å². The second-order valence-electron chi connectivity index (χ2n) is 6.04. The lowest BCUT2D eigenvalue weighted by molar-refractivity contribution is 0.0955. The van der Waals surface area contributed by atoms with Crippen molar-refractivity contribution in [2.24, 2.45) is 11.0 Å². The van der Waals surface area contributed by atoms with Gasteiger partial charge in [0.15, 0.2) is 11.5 Å². The smallest absolute Gasteiger partial charge is 0.271 e. The number of hydrogen-bond acceptors (Lipinski definition) is 5. The summed E-state index contributed by atoms with van der Waals surface area (Å²) in [6.07, 6.45) is 1.56. The van der Waals surface area contributed by atoms with E-state index in [2.05, 4.69) is 24.4 Å². The number of fused-ring (bicyclic) bond motifs is 1. The van der Waals surface area contributed by atoms with Gasteiger partial charge in [-0.05, 0) is 53.9 Å². The molecule has 0 atom stereocenters. The second kappa shape index (κ2) is 7.70. The van der Waals surface area contributed by atoms with Crippen LogP contribution in [-0.4, -0.2) is 25.5 Å². The van der Waals surface area contributed by atoms with Crippen LogP contribution < -0.4 is 19.6 Å². The van der Waals surface area contributed by atoms with Gasteiger partial charge in [-0.25, -0.2) is 5.43 Å². The molecule has 0 aliphatic carbocycles. The molecule has 6 heteroatoms. The van der Waals surface area contributed by atoms with E-state index in [1.54, 1.807) is 42.6 Å². The molecule has 1 aliphatic rings. The Bertz CT molecular complexity index is 769. The minimum absolute atomic E-state index is 0.226. The summed E-state index contributed by atoms with van der Waals surface area (Å²) in [5, 5.41) is 3.97. The summed E-state index contributed by atoms with van der Waals surface area (Å²) < 4.78 is 16.1. The monoisotopic (exact) mass is 340 g/mol. The minimum atomic E-state index is -0.285. The van der Waals surface area contributed by atoms with E-state index >= 15 is 0 Å². The van der Waals surface area contributed by atoms with Gasteiger partial charge in [0, 0.05) is 5.56 Å². The lowest BCUT2D eigenvalue weighted by Crippen LogP contribution is -2.17. The van der Waals surface area contributed by atoms with Gasteiger partial charge in [0.1, 0.15) is 5.75 Å². The number of amides is 1. The zero-order chi connectivity index (χ0) is 17.6. The summed E-state index contributed by atoms with van der Waals surface area (Å²) in [4.78, 5) is 12.1. The molecular formula is C19H20N2O4. The van der Waals surface area contributed by atoms with Gasteiger partial charge in [-0.15, -0.1) is 0 Å². The van der Waals surface area contributed by atoms with Crippen LogP contribution in [0.3, 0.4) is 0 Å². The summed E-state index contributed by atoms with van der Waals surface area (Å²) in [5.41, 5.74) is 3.82. The Balaban J connectivity index is 1.55. The van der Waals surface area contributed by atoms with Crippen LogP contribution in [0.15, 0.2) is 47.6 Å². The zero-order valence-electron chi connectivity index (χ0n) is 14.2. The molecule has 130 valence electrons. The van der Waals surface area contributed by atoms with Gasteiger partial charge < -0.3 is 14.2 Å². The van der Waals surface area contributed by atoms with Crippen molar-refractivity contribution < 1.29 is 19.0 Å². The SMILES string of the molecule is CC(C)COc1ccc(C(=O)N/N=C/c2ccc3c(c2)OCO3)cc1. The van der Waals surface area contributed by atoms with Gasteiger partial charge >= 0.3 is 0 Å². The van der Waals surface area contributed by atoms with Crippen molar-refractivity contribution in [1.29, 1.82) is 0 Å². The maximum atomic E-state index is 12.1. The standard InChI is InChI=1S/C19H20N2O4/c1-13(2)11-23-16-6-4-15(5-7-16)19(22)21-20-10-14-3-8-17-18(9-14)25-12-24-17/h3-10,13H,11-12H2,1-2H3,(H,21,22)/b20-10+. The van der Waals surface area contributed by atoms with Crippen molar-refractivity contribution in [1.82, 2.24) is 5.43 Å². The van der Waals surface area contributed by atoms with Crippen LogP contribution in [0.1, 0.15) is 29.8 Å². The highest BCUT2D eigenvalue weighted by molar-refractivity contribution is 5.95. The molecule has 0 spiro atoms. The highest BCUT2D eigenvalue weighted by Crippen LogP contribution is 2.31. The molecule has 1 aliphatic heterocycles. The second-order valence-corrected chi connectivity index (χ2v) is 6.04. The number of nitrogens with one attached hydrogen (secondary N) is 1. The van der Waals surface area contributed by atoms with E-state index in [1.165, 1.54) is 0 Å². The third-order valence-corrected chi connectivity index (χ3v) is 3.48. The van der Waals surface area contributed by atoms with E-state index in [-0.39, 0.29) is 12.7 Å². The Kier molecular flexibility index (Phi) is 5.18. The molecule has 25 heavy (non-hydrogen) atoms. The van der Waals surface area contributed by atoms with Gasteiger partial charge in [-0.2, -0.15) is 5.10 Å². The molecule has 2 aromatic rings. The largest absolute Gasteiger partial charge is 0.493 e. The molecule has 1 N–H and O–H groups in total. The zero-order valence-corrected chi connectivity index (χ0v) is 14.2. The molecule has 0 fully saturated rings. The van der Waals surface area contributed by atoms with Gasteiger partial charge in [0.05, 0.1) is 12.8 Å². The third-order valence-electron chi connectivity index (χ3n) is 3.48. The summed E-state index contributed by atoms with van der Waals surface area (Å²) in [6, 6.07) is 12.4. The van der Waals surface area contributed by atoms with Gasteiger partial charge in [0.2, 0.25) is 6.79 Å². The van der Waals surface area contributed by atoms with Crippen LogP contribution in [0.25, 0.3) is 0 Å². The first kappa shape index (κ1) is 16.8. The number of ether oxygens (including phenoxy) is 3. The molecule has 2 aromatic carbocycles. The van der Waals surface area contributed by atoms with Gasteiger partial charge in [0.25, 0.3) is 5.91 Å². The Morgan fingerprint density at radius 1 is 1.20 bits per heavy atom. The Morgan fingerprint density at radius 2 is 1.96 bits per heavy atom. The topological polar surface area (TPSA) is 69.2 Å². The lowest BCUT2D eigenvalue weighted by Gasteiger charge is -2.08. The third kappa shape index (κ3) is 4.50. The van der Waals surface area contributed by atoms with Gasteiger partial charge in [-0.3, -0.25) is 4.79 Å². The van der Waals surface area contributed by atoms with Crippen LogP contribution >= 0.6 is 0 Å². The quantitative estimate of drug-likeness (QED) is 0.647. The van der Waals surface area contributed by atoms with Crippen molar-refractivity contribution >= 4 is 12.1 Å². The summed E-state index contributed by atoms with van der Waals surface area (Å²) >= 11 is 0. The van der Waals surface area contributed by atoms with Crippen LogP contribution in [0, 0.1) is 5.92 Å². The molecule has 0 radical (unpaired) electrons. The summed E-state index contributed by atoms with van der Waals surface area (Å²) in [7, 11) is 0. The maximum Gasteiger partial charge on any atom is 0.271 e. The first-order valence-corrected chi connectivity index (χ1v) is 8.08. The Labute approximate surface area is 146 Å². The summed E-state index contributed by atoms with van der Waals surface area (Å²) in [5.74, 6) is 2.29. The molecule has 0 unspecified atom stereocenters. The fourth-order valence-corrected chi connectivity index (χ4v) is 2.19. The highest BCUT2D eigenvalue weighted by Gasteiger charge is 2.12. The lowest BCUT2D eigenvalue weighted by atomic mass is 10.2. The molecule has 1 amide bonds. The fourth-order valence-electron chi connectivity index (χ4n) is 2.19. The van der Waals surface area contributed by atoms with Crippen molar-refractivity contribution in [3.05, 3.63) is 53.6 Å². The molecule has 0 bridgehead atoms. The average Bonchev–Trinajstić information content (AvgIpc) is 3.08. The number of hydrazone groups is 1. The van der Waals surface area contributed by atoms with E-state index in [9.17, 15) is 4.79 Å². The predicted octanol–water partition coefficient (Wildman–Crippen LogP) is 3.21.